The molecule has 1 aliphatic carbocycles. The average molecular weight is 411 g/mol. The molecule has 7 heteroatoms. The Bertz CT molecular complexity index is 964. The number of hydrogen-bond donors (Lipinski definition) is 0. The van der Waals surface area contributed by atoms with Crippen LogP contribution in [0.2, 0.25) is 0 Å². The molecule has 1 fully saturated rings. The molecule has 1 aromatic carbocycles. The van der Waals surface area contributed by atoms with Crippen molar-refractivity contribution >= 4 is 10.8 Å². The van der Waals surface area contributed by atoms with E-state index in [-0.39, 0.29) is 6.10 Å². The Balaban J connectivity index is 1.53. The summed E-state index contributed by atoms with van der Waals surface area (Å²) >= 11 is 0. The van der Waals surface area contributed by atoms with Gasteiger partial charge in [0, 0.05) is 40.9 Å². The molecular weight excluding hydrogens is 384 g/mol. The van der Waals surface area contributed by atoms with Gasteiger partial charge in [0.2, 0.25) is 5.88 Å². The Morgan fingerprint density at radius 1 is 1.07 bits per heavy atom. The van der Waals surface area contributed by atoms with Gasteiger partial charge in [-0.15, -0.1) is 10.2 Å². The lowest BCUT2D eigenvalue weighted by molar-refractivity contribution is 0.139. The Morgan fingerprint density at radius 3 is 2.48 bits per heavy atom. The van der Waals surface area contributed by atoms with Crippen molar-refractivity contribution in [3.05, 3.63) is 65.9 Å². The highest BCUT2D eigenvalue weighted by molar-refractivity contribution is 7.83. The number of rotatable bonds is 6. The van der Waals surface area contributed by atoms with E-state index >= 15 is 0 Å². The molecule has 3 aromatic rings. The summed E-state index contributed by atoms with van der Waals surface area (Å²) < 4.78 is 20.0. The van der Waals surface area contributed by atoms with Crippen LogP contribution in [0.15, 0.2) is 48.7 Å². The minimum atomic E-state index is -0.975. The van der Waals surface area contributed by atoms with Gasteiger partial charge < -0.3 is 4.74 Å². The first-order valence-corrected chi connectivity index (χ1v) is 11.7. The van der Waals surface area contributed by atoms with Crippen LogP contribution in [0.25, 0.3) is 5.69 Å². The predicted molar refractivity (Wildman–Crippen MR) is 114 cm³/mol. The van der Waals surface area contributed by atoms with Crippen molar-refractivity contribution in [1.29, 1.82) is 0 Å². The Labute approximate surface area is 173 Å². The molecule has 0 N–H and O–H groups in total. The molecule has 6 nitrogen and oxygen atoms in total. The van der Waals surface area contributed by atoms with Crippen molar-refractivity contribution in [3.8, 4) is 11.6 Å². The van der Waals surface area contributed by atoms with E-state index in [1.807, 2.05) is 18.2 Å². The van der Waals surface area contributed by atoms with Crippen LogP contribution >= 0.6 is 0 Å². The normalized spacial score (nSPS) is 20.3. The number of hydrogen-bond acceptors (Lipinski definition) is 5. The van der Waals surface area contributed by atoms with Gasteiger partial charge in [-0.1, -0.05) is 23.8 Å². The van der Waals surface area contributed by atoms with Crippen LogP contribution in [0.4, 0.5) is 0 Å². The molecule has 1 saturated carbocycles. The molecule has 1 atom stereocenters. The first-order valence-electron chi connectivity index (χ1n) is 9.99. The quantitative estimate of drug-likeness (QED) is 0.615. The summed E-state index contributed by atoms with van der Waals surface area (Å²) in [6, 6.07) is 14.1. The SMILES string of the molecule is Cc1ccc(-n2c(CS(C)=O)nnc2C2CCC(Oc3ccccn3)CC2)cc1. The van der Waals surface area contributed by atoms with E-state index in [0.29, 0.717) is 17.6 Å². The summed E-state index contributed by atoms with van der Waals surface area (Å²) in [4.78, 5) is 4.26. The van der Waals surface area contributed by atoms with Crippen LogP contribution in [0.5, 0.6) is 5.88 Å². The van der Waals surface area contributed by atoms with Gasteiger partial charge in [0.05, 0.1) is 5.75 Å². The zero-order valence-corrected chi connectivity index (χ0v) is 17.6. The molecule has 1 unspecified atom stereocenters. The predicted octanol–water partition coefficient (Wildman–Crippen LogP) is 3.95. The molecule has 0 radical (unpaired) electrons. The molecule has 0 amide bonds. The monoisotopic (exact) mass is 410 g/mol. The molecule has 2 heterocycles. The van der Waals surface area contributed by atoms with Crippen LogP contribution in [0.1, 0.15) is 48.8 Å². The maximum Gasteiger partial charge on any atom is 0.213 e. The Hall–Kier alpha value is -2.54. The van der Waals surface area contributed by atoms with Crippen molar-refractivity contribution in [2.75, 3.05) is 6.26 Å². The lowest BCUT2D eigenvalue weighted by Gasteiger charge is -2.28. The average Bonchev–Trinajstić information content (AvgIpc) is 3.13. The van der Waals surface area contributed by atoms with Gasteiger partial charge in [-0.25, -0.2) is 4.98 Å². The fraction of sp³-hybridized carbons (Fsp3) is 0.409. The van der Waals surface area contributed by atoms with Crippen molar-refractivity contribution in [1.82, 2.24) is 19.7 Å². The third-order valence-corrected chi connectivity index (χ3v) is 6.01. The second-order valence-corrected chi connectivity index (χ2v) is 9.06. The largest absolute Gasteiger partial charge is 0.474 e. The van der Waals surface area contributed by atoms with E-state index in [1.54, 1.807) is 12.5 Å². The molecule has 2 aromatic heterocycles. The third-order valence-electron chi connectivity index (χ3n) is 5.34. The summed E-state index contributed by atoms with van der Waals surface area (Å²) in [6.45, 7) is 2.07. The zero-order chi connectivity index (χ0) is 20.2. The molecule has 0 spiro atoms. The summed E-state index contributed by atoms with van der Waals surface area (Å²) in [7, 11) is -0.975. The van der Waals surface area contributed by atoms with Gasteiger partial charge >= 0.3 is 0 Å². The van der Waals surface area contributed by atoms with Gasteiger partial charge in [0.15, 0.2) is 0 Å². The number of pyridine rings is 1. The Morgan fingerprint density at radius 2 is 1.83 bits per heavy atom. The third kappa shape index (κ3) is 4.72. The first kappa shape index (κ1) is 19.8. The smallest absolute Gasteiger partial charge is 0.213 e. The lowest BCUT2D eigenvalue weighted by Crippen LogP contribution is -2.25. The maximum atomic E-state index is 11.9. The van der Waals surface area contributed by atoms with E-state index in [4.69, 9.17) is 4.74 Å². The Kier molecular flexibility index (Phi) is 6.04. The van der Waals surface area contributed by atoms with Crippen LogP contribution < -0.4 is 4.74 Å². The molecule has 0 aliphatic heterocycles. The van der Waals surface area contributed by atoms with Crippen LogP contribution in [0.3, 0.4) is 0 Å². The lowest BCUT2D eigenvalue weighted by atomic mass is 9.86. The van der Waals surface area contributed by atoms with Crippen molar-refractivity contribution in [2.24, 2.45) is 0 Å². The van der Waals surface area contributed by atoms with E-state index in [9.17, 15) is 4.21 Å². The van der Waals surface area contributed by atoms with Crippen LogP contribution in [-0.2, 0) is 16.6 Å². The fourth-order valence-corrected chi connectivity index (χ4v) is 4.42. The number of nitrogens with zero attached hydrogens (tertiary/aromatic N) is 4. The molecule has 152 valence electrons. The summed E-state index contributed by atoms with van der Waals surface area (Å²) in [5, 5.41) is 8.92. The van der Waals surface area contributed by atoms with Gasteiger partial charge in [0.25, 0.3) is 0 Å². The van der Waals surface area contributed by atoms with Gasteiger partial charge in [-0.3, -0.25) is 8.78 Å². The second-order valence-electron chi connectivity index (χ2n) is 7.62. The van der Waals surface area contributed by atoms with Crippen LogP contribution in [-0.4, -0.2) is 36.3 Å². The molecule has 29 heavy (non-hydrogen) atoms. The summed E-state index contributed by atoms with van der Waals surface area (Å²) in [5.74, 6) is 3.12. The highest BCUT2D eigenvalue weighted by Crippen LogP contribution is 2.35. The molecule has 1 aliphatic rings. The minimum Gasteiger partial charge on any atom is -0.474 e. The minimum absolute atomic E-state index is 0.180. The van der Waals surface area contributed by atoms with Gasteiger partial charge in [0.1, 0.15) is 17.8 Å². The first-order chi connectivity index (χ1) is 14.1. The standard InChI is InChI=1S/C22H26N4O2S/c1-16-6-10-18(11-7-16)26-20(15-29(2)27)24-25-22(26)17-8-12-19(13-9-17)28-21-5-3-4-14-23-21/h3-7,10-11,14,17,19H,8-9,12-13,15H2,1-2H3. The number of aryl methyl sites for hydroxylation is 1. The molecular formula is C22H26N4O2S. The van der Waals surface area contributed by atoms with Crippen molar-refractivity contribution in [2.45, 2.75) is 50.4 Å². The van der Waals surface area contributed by atoms with E-state index in [1.165, 1.54) is 5.56 Å². The van der Waals surface area contributed by atoms with E-state index in [2.05, 4.69) is 50.9 Å². The van der Waals surface area contributed by atoms with E-state index in [0.717, 1.165) is 43.0 Å². The topological polar surface area (TPSA) is 69.9 Å². The van der Waals surface area contributed by atoms with Gasteiger partial charge in [-0.2, -0.15) is 0 Å². The zero-order valence-electron chi connectivity index (χ0n) is 16.8. The molecule has 0 bridgehead atoms. The highest BCUT2D eigenvalue weighted by Gasteiger charge is 2.29. The highest BCUT2D eigenvalue weighted by atomic mass is 32.2. The number of benzene rings is 1. The van der Waals surface area contributed by atoms with E-state index < -0.39 is 10.8 Å². The molecule has 4 rings (SSSR count). The summed E-state index contributed by atoms with van der Waals surface area (Å²) in [6.07, 6.45) is 7.51. The number of ether oxygens (including phenoxy) is 1. The summed E-state index contributed by atoms with van der Waals surface area (Å²) in [5.41, 5.74) is 2.24. The van der Waals surface area contributed by atoms with Crippen molar-refractivity contribution in [3.63, 3.8) is 0 Å². The van der Waals surface area contributed by atoms with Gasteiger partial charge in [-0.05, 0) is 50.8 Å². The number of aromatic nitrogens is 4. The maximum absolute atomic E-state index is 11.9. The second kappa shape index (κ2) is 8.86. The van der Waals surface area contributed by atoms with Crippen molar-refractivity contribution < 1.29 is 8.95 Å². The fourth-order valence-electron chi connectivity index (χ4n) is 3.87. The van der Waals surface area contributed by atoms with Crippen LogP contribution in [0, 0.1) is 6.92 Å². The molecule has 0 saturated heterocycles.